The second-order valence-corrected chi connectivity index (χ2v) is 6.98. The molecule has 3 aromatic rings. The summed E-state index contributed by atoms with van der Waals surface area (Å²) in [5, 5.41) is 10.8. The molecule has 144 valence electrons. The Morgan fingerprint density at radius 1 is 1.11 bits per heavy atom. The first-order valence-corrected chi connectivity index (χ1v) is 9.16. The van der Waals surface area contributed by atoms with Gasteiger partial charge in [-0.3, -0.25) is 9.59 Å². The van der Waals surface area contributed by atoms with Crippen LogP contribution in [0.2, 0.25) is 0 Å². The summed E-state index contributed by atoms with van der Waals surface area (Å²) in [6.07, 6.45) is 1.18. The normalized spacial score (nSPS) is 15.0. The molecule has 0 saturated carbocycles. The van der Waals surface area contributed by atoms with E-state index in [2.05, 4.69) is 15.6 Å². The first-order valence-electron chi connectivity index (χ1n) is 9.16. The standard InChI is InChI=1S/C20H20FN5O2/c1-25-18-7-2-14(12-17(18)23-24-25)20(28)26-10-8-13(9-11-26)19(27)22-16-5-3-15(21)4-6-16/h2-7,12-13H,8-11H2,1H3,(H,22,27). The van der Waals surface area contributed by atoms with Crippen LogP contribution in [-0.2, 0) is 11.8 Å². The van der Waals surface area contributed by atoms with Gasteiger partial charge in [-0.2, -0.15) is 0 Å². The average molecular weight is 381 g/mol. The van der Waals surface area contributed by atoms with Crippen LogP contribution in [0.25, 0.3) is 11.0 Å². The lowest BCUT2D eigenvalue weighted by Crippen LogP contribution is -2.41. The van der Waals surface area contributed by atoms with E-state index in [1.54, 1.807) is 28.8 Å². The van der Waals surface area contributed by atoms with E-state index >= 15 is 0 Å². The Balaban J connectivity index is 1.36. The first-order chi connectivity index (χ1) is 13.5. The summed E-state index contributed by atoms with van der Waals surface area (Å²) >= 11 is 0. The molecular weight excluding hydrogens is 361 g/mol. The minimum absolute atomic E-state index is 0.0649. The van der Waals surface area contributed by atoms with Crippen molar-refractivity contribution in [3.05, 3.63) is 53.8 Å². The molecule has 0 bridgehead atoms. The van der Waals surface area contributed by atoms with Crippen molar-refractivity contribution in [1.82, 2.24) is 19.9 Å². The fourth-order valence-corrected chi connectivity index (χ4v) is 3.48. The number of aryl methyl sites for hydroxylation is 1. The topological polar surface area (TPSA) is 80.1 Å². The molecular formula is C20H20FN5O2. The molecule has 1 saturated heterocycles. The zero-order valence-electron chi connectivity index (χ0n) is 15.4. The van der Waals surface area contributed by atoms with Gasteiger partial charge in [0.05, 0.1) is 5.52 Å². The van der Waals surface area contributed by atoms with E-state index in [4.69, 9.17) is 0 Å². The van der Waals surface area contributed by atoms with Crippen LogP contribution < -0.4 is 5.32 Å². The van der Waals surface area contributed by atoms with Crippen molar-refractivity contribution in [1.29, 1.82) is 0 Å². The maximum Gasteiger partial charge on any atom is 0.253 e. The third kappa shape index (κ3) is 3.58. The van der Waals surface area contributed by atoms with Crippen molar-refractivity contribution in [2.45, 2.75) is 12.8 Å². The molecule has 2 aromatic carbocycles. The molecule has 0 aliphatic carbocycles. The molecule has 1 N–H and O–H groups in total. The molecule has 0 atom stereocenters. The monoisotopic (exact) mass is 381 g/mol. The van der Waals surface area contributed by atoms with E-state index in [0.717, 1.165) is 5.52 Å². The molecule has 1 aliphatic heterocycles. The zero-order chi connectivity index (χ0) is 19.7. The van der Waals surface area contributed by atoms with Crippen LogP contribution in [0.15, 0.2) is 42.5 Å². The lowest BCUT2D eigenvalue weighted by atomic mass is 9.95. The fourth-order valence-electron chi connectivity index (χ4n) is 3.48. The number of benzene rings is 2. The molecule has 0 radical (unpaired) electrons. The number of likely N-dealkylation sites (tertiary alicyclic amines) is 1. The van der Waals surface area contributed by atoms with Gasteiger partial charge in [-0.15, -0.1) is 5.10 Å². The lowest BCUT2D eigenvalue weighted by molar-refractivity contribution is -0.121. The van der Waals surface area contributed by atoms with Crippen LogP contribution in [0.3, 0.4) is 0 Å². The quantitative estimate of drug-likeness (QED) is 0.756. The second-order valence-electron chi connectivity index (χ2n) is 6.98. The molecule has 1 aliphatic rings. The Kier molecular flexibility index (Phi) is 4.77. The minimum atomic E-state index is -0.343. The van der Waals surface area contributed by atoms with Gasteiger partial charge in [0, 0.05) is 37.3 Å². The van der Waals surface area contributed by atoms with Crippen molar-refractivity contribution in [3.63, 3.8) is 0 Å². The number of piperidine rings is 1. The maximum atomic E-state index is 13.0. The summed E-state index contributed by atoms with van der Waals surface area (Å²) < 4.78 is 14.6. The molecule has 2 heterocycles. The number of aromatic nitrogens is 3. The number of fused-ring (bicyclic) bond motifs is 1. The second kappa shape index (κ2) is 7.38. The zero-order valence-corrected chi connectivity index (χ0v) is 15.4. The Bertz CT molecular complexity index is 1020. The van der Waals surface area contributed by atoms with Crippen molar-refractivity contribution in [2.75, 3.05) is 18.4 Å². The number of carbonyl (C=O) groups is 2. The highest BCUT2D eigenvalue weighted by atomic mass is 19.1. The molecule has 28 heavy (non-hydrogen) atoms. The molecule has 1 fully saturated rings. The predicted molar refractivity (Wildman–Crippen MR) is 102 cm³/mol. The largest absolute Gasteiger partial charge is 0.339 e. The lowest BCUT2D eigenvalue weighted by Gasteiger charge is -2.31. The molecule has 1 aromatic heterocycles. The van der Waals surface area contributed by atoms with Crippen LogP contribution in [-0.4, -0.2) is 44.8 Å². The van der Waals surface area contributed by atoms with Crippen molar-refractivity contribution >= 4 is 28.5 Å². The summed E-state index contributed by atoms with van der Waals surface area (Å²) in [5.74, 6) is -0.675. The van der Waals surface area contributed by atoms with Gasteiger partial charge in [0.1, 0.15) is 11.3 Å². The number of carbonyl (C=O) groups excluding carboxylic acids is 2. The van der Waals surface area contributed by atoms with Gasteiger partial charge in [-0.1, -0.05) is 5.21 Å². The highest BCUT2D eigenvalue weighted by Crippen LogP contribution is 2.22. The summed E-state index contributed by atoms with van der Waals surface area (Å²) in [6, 6.07) is 11.1. The number of hydrogen-bond donors (Lipinski definition) is 1. The Hall–Kier alpha value is -3.29. The third-order valence-corrected chi connectivity index (χ3v) is 5.12. The van der Waals surface area contributed by atoms with E-state index in [1.807, 2.05) is 6.07 Å². The van der Waals surface area contributed by atoms with E-state index in [9.17, 15) is 14.0 Å². The number of halogens is 1. The fraction of sp³-hybridized carbons (Fsp3) is 0.300. The molecule has 4 rings (SSSR count). The highest BCUT2D eigenvalue weighted by Gasteiger charge is 2.28. The number of nitrogens with one attached hydrogen (secondary N) is 1. The molecule has 0 spiro atoms. The SMILES string of the molecule is Cn1nnc2cc(C(=O)N3CCC(C(=O)Nc4ccc(F)cc4)CC3)ccc21. The third-order valence-electron chi connectivity index (χ3n) is 5.12. The van der Waals surface area contributed by atoms with Gasteiger partial charge < -0.3 is 10.2 Å². The molecule has 2 amide bonds. The number of amides is 2. The summed E-state index contributed by atoms with van der Waals surface area (Å²) in [7, 11) is 1.80. The van der Waals surface area contributed by atoms with Gasteiger partial charge in [-0.25, -0.2) is 9.07 Å². The van der Waals surface area contributed by atoms with Gasteiger partial charge in [0.25, 0.3) is 5.91 Å². The molecule has 0 unspecified atom stereocenters. The first kappa shape index (κ1) is 18.1. The van der Waals surface area contributed by atoms with E-state index in [-0.39, 0.29) is 23.5 Å². The van der Waals surface area contributed by atoms with Crippen LogP contribution >= 0.6 is 0 Å². The van der Waals surface area contributed by atoms with E-state index < -0.39 is 0 Å². The van der Waals surface area contributed by atoms with Crippen LogP contribution in [0.1, 0.15) is 23.2 Å². The maximum absolute atomic E-state index is 13.0. The average Bonchev–Trinajstić information content (AvgIpc) is 3.09. The van der Waals surface area contributed by atoms with Crippen molar-refractivity contribution < 1.29 is 14.0 Å². The minimum Gasteiger partial charge on any atom is -0.339 e. The van der Waals surface area contributed by atoms with Gasteiger partial charge in [-0.05, 0) is 55.3 Å². The van der Waals surface area contributed by atoms with Crippen LogP contribution in [0.4, 0.5) is 10.1 Å². The van der Waals surface area contributed by atoms with Crippen molar-refractivity contribution in [3.8, 4) is 0 Å². The van der Waals surface area contributed by atoms with E-state index in [0.29, 0.717) is 42.7 Å². The summed E-state index contributed by atoms with van der Waals surface area (Å²) in [5.41, 5.74) is 2.69. The van der Waals surface area contributed by atoms with Crippen molar-refractivity contribution in [2.24, 2.45) is 13.0 Å². The number of nitrogens with zero attached hydrogens (tertiary/aromatic N) is 4. The van der Waals surface area contributed by atoms with Gasteiger partial charge in [0.2, 0.25) is 5.91 Å². The number of anilines is 1. The summed E-state index contributed by atoms with van der Waals surface area (Å²) in [4.78, 5) is 27.0. The molecule has 8 heteroatoms. The predicted octanol–water partition coefficient (Wildman–Crippen LogP) is 2.60. The molecule has 7 nitrogen and oxygen atoms in total. The van der Waals surface area contributed by atoms with E-state index in [1.165, 1.54) is 24.3 Å². The summed E-state index contributed by atoms with van der Waals surface area (Å²) in [6.45, 7) is 1.03. The van der Waals surface area contributed by atoms with Gasteiger partial charge in [0.15, 0.2) is 0 Å². The van der Waals surface area contributed by atoms with Crippen LogP contribution in [0.5, 0.6) is 0 Å². The Morgan fingerprint density at radius 2 is 1.82 bits per heavy atom. The van der Waals surface area contributed by atoms with Gasteiger partial charge >= 0.3 is 0 Å². The Labute approximate surface area is 161 Å². The Morgan fingerprint density at radius 3 is 2.54 bits per heavy atom. The highest BCUT2D eigenvalue weighted by molar-refractivity contribution is 5.97. The van der Waals surface area contributed by atoms with Crippen LogP contribution in [0, 0.1) is 11.7 Å². The number of rotatable bonds is 3. The smallest absolute Gasteiger partial charge is 0.253 e. The number of hydrogen-bond acceptors (Lipinski definition) is 4.